The Hall–Kier alpha value is -1.56. The van der Waals surface area contributed by atoms with Crippen molar-refractivity contribution in [1.82, 2.24) is 10.3 Å². The lowest BCUT2D eigenvalue weighted by molar-refractivity contribution is 0.0598. The number of hydrogen-bond acceptors (Lipinski definition) is 4. The van der Waals surface area contributed by atoms with E-state index in [9.17, 15) is 9.59 Å². The molecule has 20 heavy (non-hydrogen) atoms. The lowest BCUT2D eigenvalue weighted by atomic mass is 9.83. The third-order valence-electron chi connectivity index (χ3n) is 4.75. The number of halogens is 1. The fourth-order valence-corrected chi connectivity index (χ4v) is 4.48. The van der Waals surface area contributed by atoms with Crippen LogP contribution >= 0.6 is 15.9 Å². The van der Waals surface area contributed by atoms with E-state index in [4.69, 9.17) is 4.74 Å². The maximum atomic E-state index is 12.5. The summed E-state index contributed by atoms with van der Waals surface area (Å²) < 4.78 is 5.48. The number of aryl methyl sites for hydroxylation is 1. The van der Waals surface area contributed by atoms with E-state index in [1.807, 2.05) is 6.92 Å². The average molecular weight is 337 g/mol. The van der Waals surface area contributed by atoms with Gasteiger partial charge in [0, 0.05) is 28.9 Å². The second kappa shape index (κ2) is 3.55. The minimum Gasteiger partial charge on any atom is -0.465 e. The summed E-state index contributed by atoms with van der Waals surface area (Å²) in [6.07, 6.45) is 0.978. The second-order valence-corrected chi connectivity index (χ2v) is 6.43. The minimum absolute atomic E-state index is 0.0982. The molecule has 1 aromatic rings. The lowest BCUT2D eigenvalue weighted by Gasteiger charge is -2.24. The molecule has 0 amide bonds. The smallest absolute Gasteiger partial charge is 0.340 e. The van der Waals surface area contributed by atoms with Crippen LogP contribution in [0.2, 0.25) is 0 Å². The number of fused-ring (bicyclic) bond motifs is 1. The zero-order valence-corrected chi connectivity index (χ0v) is 12.7. The number of H-pyrrole nitrogens is 1. The maximum Gasteiger partial charge on any atom is 0.340 e. The van der Waals surface area contributed by atoms with E-state index in [0.717, 1.165) is 24.2 Å². The fraction of sp³-hybridized carbons (Fsp3) is 0.429. The van der Waals surface area contributed by atoms with Crippen LogP contribution in [0.15, 0.2) is 10.2 Å². The number of allylic oxidation sites excluding steroid dienone is 2. The van der Waals surface area contributed by atoms with Crippen LogP contribution in [0, 0.1) is 12.8 Å². The Morgan fingerprint density at radius 3 is 2.90 bits per heavy atom. The summed E-state index contributed by atoms with van der Waals surface area (Å²) in [5.41, 5.74) is 3.33. The topological polar surface area (TPSA) is 71.2 Å². The van der Waals surface area contributed by atoms with E-state index < -0.39 is 0 Å². The van der Waals surface area contributed by atoms with Crippen molar-refractivity contribution >= 4 is 27.7 Å². The number of nitrogens with one attached hydrogen (secondary N) is 2. The molecule has 1 aromatic heterocycles. The van der Waals surface area contributed by atoms with E-state index in [0.29, 0.717) is 27.4 Å². The first-order chi connectivity index (χ1) is 9.52. The Balaban J connectivity index is 2.04. The van der Waals surface area contributed by atoms with Gasteiger partial charge in [-0.15, -0.1) is 0 Å². The number of carbonyl (C=O) groups is 2. The second-order valence-electron chi connectivity index (χ2n) is 5.64. The molecule has 5 nitrogen and oxygen atoms in total. The van der Waals surface area contributed by atoms with Gasteiger partial charge in [0.25, 0.3) is 0 Å². The van der Waals surface area contributed by atoms with E-state index in [2.05, 4.69) is 26.2 Å². The van der Waals surface area contributed by atoms with E-state index in [1.54, 1.807) is 0 Å². The summed E-state index contributed by atoms with van der Waals surface area (Å²) >= 11 is 3.41. The molecule has 0 bridgehead atoms. The van der Waals surface area contributed by atoms with E-state index in [-0.39, 0.29) is 17.2 Å². The van der Waals surface area contributed by atoms with Gasteiger partial charge in [-0.25, -0.2) is 4.79 Å². The zero-order chi connectivity index (χ0) is 14.2. The predicted octanol–water partition coefficient (Wildman–Crippen LogP) is 1.77. The van der Waals surface area contributed by atoms with Crippen LogP contribution in [-0.2, 0) is 10.2 Å². The number of aromatic amines is 1. The molecule has 0 aromatic carbocycles. The third-order valence-corrected chi connectivity index (χ3v) is 5.50. The van der Waals surface area contributed by atoms with Gasteiger partial charge in [-0.3, -0.25) is 4.79 Å². The first kappa shape index (κ1) is 12.2. The monoisotopic (exact) mass is 336 g/mol. The molecule has 1 aliphatic heterocycles. The largest absolute Gasteiger partial charge is 0.465 e. The normalized spacial score (nSPS) is 29.6. The number of methoxy groups -OCH3 is 1. The molecule has 2 fully saturated rings. The number of piperidine rings is 1. The van der Waals surface area contributed by atoms with Crippen LogP contribution in [0.4, 0.5) is 0 Å². The quantitative estimate of drug-likeness (QED) is 0.767. The molecule has 3 aliphatic rings. The van der Waals surface area contributed by atoms with Gasteiger partial charge in [0.05, 0.1) is 22.8 Å². The summed E-state index contributed by atoms with van der Waals surface area (Å²) in [5, 5.41) is 3.31. The Bertz CT molecular complexity index is 718. The van der Waals surface area contributed by atoms with Gasteiger partial charge in [-0.2, -0.15) is 0 Å². The van der Waals surface area contributed by atoms with Crippen molar-refractivity contribution in [3.05, 3.63) is 32.7 Å². The fourth-order valence-electron chi connectivity index (χ4n) is 3.79. The highest BCUT2D eigenvalue weighted by Gasteiger charge is 2.67. The maximum absolute atomic E-state index is 12.5. The third kappa shape index (κ3) is 1.15. The highest BCUT2D eigenvalue weighted by molar-refractivity contribution is 9.12. The summed E-state index contributed by atoms with van der Waals surface area (Å²) in [7, 11) is 1.37. The molecule has 1 saturated heterocycles. The SMILES string of the molecule is COC(=O)c1c(C)[nH]c2c1C13CC1CNC3=C(Br)C2=O. The highest BCUT2D eigenvalue weighted by atomic mass is 79.9. The molecular weight excluding hydrogens is 324 g/mol. The highest BCUT2D eigenvalue weighted by Crippen LogP contribution is 2.66. The van der Waals surface area contributed by atoms with Crippen LogP contribution in [0.1, 0.15) is 38.5 Å². The van der Waals surface area contributed by atoms with Crippen molar-refractivity contribution in [1.29, 1.82) is 0 Å². The van der Waals surface area contributed by atoms with Crippen LogP contribution in [-0.4, -0.2) is 30.4 Å². The van der Waals surface area contributed by atoms with E-state index in [1.165, 1.54) is 7.11 Å². The molecule has 2 atom stereocenters. The number of carbonyl (C=O) groups excluding carboxylic acids is 2. The number of esters is 1. The average Bonchev–Trinajstić information content (AvgIpc) is 2.85. The Morgan fingerprint density at radius 1 is 1.50 bits per heavy atom. The minimum atomic E-state index is -0.378. The van der Waals surface area contributed by atoms with Crippen molar-refractivity contribution in [2.45, 2.75) is 18.8 Å². The first-order valence-electron chi connectivity index (χ1n) is 6.52. The van der Waals surface area contributed by atoms with E-state index >= 15 is 0 Å². The molecular formula is C14H13BrN2O3. The van der Waals surface area contributed by atoms with Gasteiger partial charge in [-0.1, -0.05) is 0 Å². The number of rotatable bonds is 1. The molecule has 2 aliphatic carbocycles. The van der Waals surface area contributed by atoms with Gasteiger partial charge in [0.1, 0.15) is 0 Å². The standard InChI is InChI=1S/C14H13BrN2O3/c1-5-7(13(19)20-2)8-10(17-5)11(18)9(15)12-14(8)3-6(14)4-16-12/h6,16-17H,3-4H2,1-2H3. The summed E-state index contributed by atoms with van der Waals surface area (Å²) in [4.78, 5) is 27.7. The molecule has 1 saturated carbocycles. The first-order valence-corrected chi connectivity index (χ1v) is 7.31. The molecule has 104 valence electrons. The predicted molar refractivity (Wildman–Crippen MR) is 74.9 cm³/mol. The number of aromatic nitrogens is 1. The summed E-state index contributed by atoms with van der Waals surface area (Å²) in [6.45, 7) is 2.66. The zero-order valence-electron chi connectivity index (χ0n) is 11.1. The Kier molecular flexibility index (Phi) is 2.17. The lowest BCUT2D eigenvalue weighted by Crippen LogP contribution is -2.28. The molecule has 0 radical (unpaired) electrons. The molecule has 2 N–H and O–H groups in total. The van der Waals surface area contributed by atoms with Gasteiger partial charge >= 0.3 is 5.97 Å². The molecule has 4 rings (SSSR count). The van der Waals surface area contributed by atoms with Gasteiger partial charge in [0.15, 0.2) is 0 Å². The van der Waals surface area contributed by atoms with Crippen molar-refractivity contribution in [2.24, 2.45) is 5.92 Å². The Labute approximate surface area is 123 Å². The molecule has 6 heteroatoms. The van der Waals surface area contributed by atoms with Gasteiger partial charge in [0.2, 0.25) is 5.78 Å². The molecule has 1 spiro atoms. The van der Waals surface area contributed by atoms with Crippen LogP contribution in [0.25, 0.3) is 0 Å². The number of Topliss-reactive ketones (excluding diaryl/α,β-unsaturated/α-hetero) is 1. The molecule has 2 heterocycles. The van der Waals surface area contributed by atoms with Crippen molar-refractivity contribution in [2.75, 3.05) is 13.7 Å². The Morgan fingerprint density at radius 2 is 2.25 bits per heavy atom. The van der Waals surface area contributed by atoms with Crippen LogP contribution < -0.4 is 5.32 Å². The van der Waals surface area contributed by atoms with Crippen molar-refractivity contribution in [3.8, 4) is 0 Å². The number of hydrogen-bond donors (Lipinski definition) is 2. The molecule has 2 unspecified atom stereocenters. The summed E-state index contributed by atoms with van der Waals surface area (Å²) in [6, 6.07) is 0. The van der Waals surface area contributed by atoms with Crippen LogP contribution in [0.3, 0.4) is 0 Å². The number of ether oxygens (including phenoxy) is 1. The van der Waals surface area contributed by atoms with Gasteiger partial charge < -0.3 is 15.0 Å². The summed E-state index contributed by atoms with van der Waals surface area (Å²) in [5.74, 6) is -0.0217. The van der Waals surface area contributed by atoms with Crippen molar-refractivity contribution < 1.29 is 14.3 Å². The van der Waals surface area contributed by atoms with Crippen LogP contribution in [0.5, 0.6) is 0 Å². The van der Waals surface area contributed by atoms with Gasteiger partial charge in [-0.05, 0) is 35.2 Å². The van der Waals surface area contributed by atoms with Crippen molar-refractivity contribution in [3.63, 3.8) is 0 Å². The number of ketones is 1.